The maximum absolute atomic E-state index is 8.79. The number of benzene rings is 1. The van der Waals surface area contributed by atoms with Gasteiger partial charge in [-0.15, -0.1) is 0 Å². The average molecular weight is 308 g/mol. The van der Waals surface area contributed by atoms with Crippen molar-refractivity contribution in [2.75, 3.05) is 18.0 Å². The van der Waals surface area contributed by atoms with Crippen LogP contribution in [-0.2, 0) is 0 Å². The van der Waals surface area contributed by atoms with Crippen LogP contribution >= 0.6 is 11.6 Å². The highest BCUT2D eigenvalue weighted by molar-refractivity contribution is 6.31. The van der Waals surface area contributed by atoms with Gasteiger partial charge in [-0.25, -0.2) is 0 Å². The molecule has 0 aliphatic rings. The first kappa shape index (κ1) is 17.8. The summed E-state index contributed by atoms with van der Waals surface area (Å²) >= 11 is 6.45. The summed E-state index contributed by atoms with van der Waals surface area (Å²) in [7, 11) is 0. The second-order valence-electron chi connectivity index (χ2n) is 5.58. The van der Waals surface area contributed by atoms with Gasteiger partial charge in [0.1, 0.15) is 0 Å². The van der Waals surface area contributed by atoms with Crippen LogP contribution in [0.15, 0.2) is 18.2 Å². The molecule has 1 atom stereocenters. The SMILES string of the molecule is CCCNC(C)c1ccc(N(CCC#N)C(C)C)cc1Cl. The predicted octanol–water partition coefficient (Wildman–Crippen LogP) is 4.53. The molecular formula is C17H26ClN3. The molecule has 3 nitrogen and oxygen atoms in total. The minimum atomic E-state index is 0.248. The molecule has 0 fully saturated rings. The van der Waals surface area contributed by atoms with E-state index in [2.05, 4.69) is 56.1 Å². The first-order valence-electron chi connectivity index (χ1n) is 7.67. The maximum atomic E-state index is 8.79. The maximum Gasteiger partial charge on any atom is 0.0640 e. The van der Waals surface area contributed by atoms with Gasteiger partial charge in [-0.3, -0.25) is 0 Å². The number of anilines is 1. The summed E-state index contributed by atoms with van der Waals surface area (Å²) in [6.07, 6.45) is 1.63. The van der Waals surface area contributed by atoms with E-state index in [1.54, 1.807) is 0 Å². The molecule has 1 aromatic rings. The van der Waals surface area contributed by atoms with Gasteiger partial charge < -0.3 is 10.2 Å². The molecule has 0 amide bonds. The first-order chi connectivity index (χ1) is 10.0. The van der Waals surface area contributed by atoms with Crippen LogP contribution in [-0.4, -0.2) is 19.1 Å². The highest BCUT2D eigenvalue weighted by Gasteiger charge is 2.14. The topological polar surface area (TPSA) is 39.1 Å². The second-order valence-corrected chi connectivity index (χ2v) is 5.98. The molecule has 1 aromatic carbocycles. The van der Waals surface area contributed by atoms with E-state index in [4.69, 9.17) is 16.9 Å². The van der Waals surface area contributed by atoms with Crippen molar-refractivity contribution in [3.8, 4) is 6.07 Å². The molecule has 1 rings (SSSR count). The van der Waals surface area contributed by atoms with E-state index in [1.165, 1.54) is 0 Å². The van der Waals surface area contributed by atoms with Gasteiger partial charge in [0.2, 0.25) is 0 Å². The number of nitriles is 1. The van der Waals surface area contributed by atoms with Gasteiger partial charge in [-0.05, 0) is 51.4 Å². The van der Waals surface area contributed by atoms with Crippen LogP contribution in [0.25, 0.3) is 0 Å². The molecule has 0 saturated carbocycles. The third-order valence-corrected chi connectivity index (χ3v) is 3.90. The number of rotatable bonds is 8. The summed E-state index contributed by atoms with van der Waals surface area (Å²) in [4.78, 5) is 2.21. The summed E-state index contributed by atoms with van der Waals surface area (Å²) in [6, 6.07) is 9.00. The lowest BCUT2D eigenvalue weighted by Crippen LogP contribution is -2.31. The largest absolute Gasteiger partial charge is 0.368 e. The van der Waals surface area contributed by atoms with E-state index < -0.39 is 0 Å². The van der Waals surface area contributed by atoms with Gasteiger partial charge in [0.05, 0.1) is 12.5 Å². The van der Waals surface area contributed by atoms with E-state index in [9.17, 15) is 0 Å². The molecule has 116 valence electrons. The molecular weight excluding hydrogens is 282 g/mol. The Balaban J connectivity index is 2.91. The number of nitrogens with one attached hydrogen (secondary N) is 1. The van der Waals surface area contributed by atoms with Crippen molar-refractivity contribution in [3.05, 3.63) is 28.8 Å². The van der Waals surface area contributed by atoms with Crippen molar-refractivity contribution in [2.24, 2.45) is 0 Å². The second kappa shape index (κ2) is 8.92. The lowest BCUT2D eigenvalue weighted by atomic mass is 10.1. The molecule has 0 aliphatic carbocycles. The quantitative estimate of drug-likeness (QED) is 0.767. The zero-order valence-corrected chi connectivity index (χ0v) is 14.2. The molecule has 0 bridgehead atoms. The van der Waals surface area contributed by atoms with E-state index in [0.29, 0.717) is 12.5 Å². The number of hydrogen-bond donors (Lipinski definition) is 1. The van der Waals surface area contributed by atoms with Crippen LogP contribution < -0.4 is 10.2 Å². The van der Waals surface area contributed by atoms with E-state index in [0.717, 1.165) is 35.8 Å². The molecule has 1 N–H and O–H groups in total. The lowest BCUT2D eigenvalue weighted by Gasteiger charge is -2.29. The third-order valence-electron chi connectivity index (χ3n) is 3.57. The van der Waals surface area contributed by atoms with Crippen molar-refractivity contribution >= 4 is 17.3 Å². The fourth-order valence-corrected chi connectivity index (χ4v) is 2.71. The summed E-state index contributed by atoms with van der Waals surface area (Å²) < 4.78 is 0. The fourth-order valence-electron chi connectivity index (χ4n) is 2.37. The molecule has 4 heteroatoms. The summed E-state index contributed by atoms with van der Waals surface area (Å²) in [5.74, 6) is 0. The van der Waals surface area contributed by atoms with Crippen LogP contribution in [0.5, 0.6) is 0 Å². The van der Waals surface area contributed by atoms with Gasteiger partial charge in [0, 0.05) is 29.3 Å². The smallest absolute Gasteiger partial charge is 0.0640 e. The lowest BCUT2D eigenvalue weighted by molar-refractivity contribution is 0.570. The van der Waals surface area contributed by atoms with Crippen LogP contribution in [0.1, 0.15) is 52.1 Å². The monoisotopic (exact) mass is 307 g/mol. The van der Waals surface area contributed by atoms with Gasteiger partial charge in [-0.2, -0.15) is 5.26 Å². The first-order valence-corrected chi connectivity index (χ1v) is 8.05. The van der Waals surface area contributed by atoms with Crippen LogP contribution in [0.3, 0.4) is 0 Å². The minimum absolute atomic E-state index is 0.248. The summed E-state index contributed by atoms with van der Waals surface area (Å²) in [6.45, 7) is 10.3. The Morgan fingerprint density at radius 1 is 1.33 bits per heavy atom. The van der Waals surface area contributed by atoms with Crippen molar-refractivity contribution in [1.29, 1.82) is 5.26 Å². The Bertz CT molecular complexity index is 479. The number of halogens is 1. The Labute approximate surface area is 133 Å². The Hall–Kier alpha value is -1.24. The molecule has 1 unspecified atom stereocenters. The summed E-state index contributed by atoms with van der Waals surface area (Å²) in [5.41, 5.74) is 2.20. The van der Waals surface area contributed by atoms with E-state index >= 15 is 0 Å². The van der Waals surface area contributed by atoms with Gasteiger partial charge in [0.15, 0.2) is 0 Å². The van der Waals surface area contributed by atoms with Crippen LogP contribution in [0.2, 0.25) is 5.02 Å². The van der Waals surface area contributed by atoms with E-state index in [-0.39, 0.29) is 6.04 Å². The molecule has 0 saturated heterocycles. The fraction of sp³-hybridized carbons (Fsp3) is 0.588. The molecule has 0 aliphatic heterocycles. The highest BCUT2D eigenvalue weighted by atomic mass is 35.5. The van der Waals surface area contributed by atoms with Gasteiger partial charge >= 0.3 is 0 Å². The Morgan fingerprint density at radius 3 is 2.57 bits per heavy atom. The van der Waals surface area contributed by atoms with Gasteiger partial charge in [0.25, 0.3) is 0 Å². The third kappa shape index (κ3) is 5.22. The number of hydrogen-bond acceptors (Lipinski definition) is 3. The minimum Gasteiger partial charge on any atom is -0.368 e. The molecule has 21 heavy (non-hydrogen) atoms. The standard InChI is InChI=1S/C17H26ClN3/c1-5-10-20-14(4)16-8-7-15(12-17(16)18)21(13(2)3)11-6-9-19/h7-8,12-14,20H,5-6,10-11H2,1-4H3. The predicted molar refractivity (Wildman–Crippen MR) is 90.9 cm³/mol. The van der Waals surface area contributed by atoms with Crippen molar-refractivity contribution in [2.45, 2.75) is 52.6 Å². The zero-order valence-electron chi connectivity index (χ0n) is 13.5. The Kier molecular flexibility index (Phi) is 7.56. The van der Waals surface area contributed by atoms with E-state index in [1.807, 2.05) is 6.07 Å². The number of nitrogens with zero attached hydrogens (tertiary/aromatic N) is 2. The van der Waals surface area contributed by atoms with Crippen molar-refractivity contribution < 1.29 is 0 Å². The zero-order chi connectivity index (χ0) is 15.8. The highest BCUT2D eigenvalue weighted by Crippen LogP contribution is 2.29. The van der Waals surface area contributed by atoms with Crippen LogP contribution in [0.4, 0.5) is 5.69 Å². The Morgan fingerprint density at radius 2 is 2.05 bits per heavy atom. The molecule has 0 spiro atoms. The van der Waals surface area contributed by atoms with Gasteiger partial charge in [-0.1, -0.05) is 24.6 Å². The van der Waals surface area contributed by atoms with Crippen molar-refractivity contribution in [1.82, 2.24) is 5.32 Å². The molecule has 0 heterocycles. The average Bonchev–Trinajstić information content (AvgIpc) is 2.45. The molecule has 0 radical (unpaired) electrons. The molecule has 0 aromatic heterocycles. The normalized spacial score (nSPS) is 12.2. The summed E-state index contributed by atoms with van der Waals surface area (Å²) in [5, 5.41) is 13.0. The van der Waals surface area contributed by atoms with Crippen LogP contribution in [0, 0.1) is 11.3 Å². The van der Waals surface area contributed by atoms with Crippen molar-refractivity contribution in [3.63, 3.8) is 0 Å².